The molecule has 1 aliphatic rings. The molecule has 0 spiro atoms. The predicted octanol–water partition coefficient (Wildman–Crippen LogP) is 3.79. The average Bonchev–Trinajstić information content (AvgIpc) is 2.73. The van der Waals surface area contributed by atoms with Gasteiger partial charge in [-0.1, -0.05) is 18.7 Å². The first-order valence-corrected chi connectivity index (χ1v) is 9.85. The van der Waals surface area contributed by atoms with Gasteiger partial charge < -0.3 is 23.7 Å². The van der Waals surface area contributed by atoms with Crippen LogP contribution in [0, 0.1) is 0 Å². The van der Waals surface area contributed by atoms with E-state index in [-0.39, 0.29) is 12.6 Å². The number of ether oxygens (including phenoxy) is 3. The minimum Gasteiger partial charge on any atom is -0.601 e. The average molecular weight is 426 g/mol. The van der Waals surface area contributed by atoms with E-state index in [4.69, 9.17) is 18.6 Å². The molecule has 1 aliphatic heterocycles. The molecule has 0 amide bonds. The molecule has 2 heterocycles. The van der Waals surface area contributed by atoms with Gasteiger partial charge in [-0.25, -0.2) is 9.59 Å². The molecular formula is C24H26O7. The Morgan fingerprint density at radius 3 is 2.55 bits per heavy atom. The number of fused-ring (bicyclic) bond motifs is 3. The fraction of sp³-hybridized carbons (Fsp3) is 0.333. The molecule has 0 N–H and O–H groups in total. The first-order valence-electron chi connectivity index (χ1n) is 9.85. The van der Waals surface area contributed by atoms with Crippen LogP contribution in [0.2, 0.25) is 0 Å². The van der Waals surface area contributed by atoms with Gasteiger partial charge in [0.15, 0.2) is 6.10 Å². The first kappa shape index (κ1) is 22.2. The van der Waals surface area contributed by atoms with Gasteiger partial charge in [0.1, 0.15) is 16.9 Å². The predicted molar refractivity (Wildman–Crippen MR) is 114 cm³/mol. The molecule has 2 atom stereocenters. The number of esters is 1. The Labute approximate surface area is 181 Å². The van der Waals surface area contributed by atoms with E-state index in [0.29, 0.717) is 22.3 Å². The number of benzene rings is 1. The summed E-state index contributed by atoms with van der Waals surface area (Å²) in [6, 6.07) is 6.35. The third kappa shape index (κ3) is 4.21. The monoisotopic (exact) mass is 426 g/mol. The standard InChI is InChI=1S/C24H26O7/c1-7-13(3)22(26)29-20-18-16(11-9-15-10-12-17(25)28-19(15)18)31-24(5,6)21(20)30-23(27)14(4)8-2/h7-12,20-21,26H,1H2,2-6H3/b14-8-,22-13+/t20-,21-/m1/s1. The zero-order chi connectivity index (χ0) is 22.9. The molecule has 0 aliphatic carbocycles. The van der Waals surface area contributed by atoms with Crippen molar-refractivity contribution >= 4 is 16.9 Å². The van der Waals surface area contributed by atoms with Crippen LogP contribution in [0.4, 0.5) is 0 Å². The summed E-state index contributed by atoms with van der Waals surface area (Å²) in [6.45, 7) is 12.0. The summed E-state index contributed by atoms with van der Waals surface area (Å²) in [5.41, 5.74) is -0.406. The Hall–Kier alpha value is -3.48. The summed E-state index contributed by atoms with van der Waals surface area (Å²) in [7, 11) is 0. The smallest absolute Gasteiger partial charge is 0.601 e. The summed E-state index contributed by atoms with van der Waals surface area (Å²) in [5.74, 6) is -0.835. The van der Waals surface area contributed by atoms with E-state index < -0.39 is 35.3 Å². The molecule has 0 unspecified atom stereocenters. The summed E-state index contributed by atoms with van der Waals surface area (Å²) in [4.78, 5) is 24.5. The molecule has 1 aromatic heterocycles. The normalized spacial score (nSPS) is 20.9. The number of allylic oxidation sites excluding steroid dienone is 3. The van der Waals surface area contributed by atoms with Crippen LogP contribution in [0.5, 0.6) is 5.75 Å². The summed E-state index contributed by atoms with van der Waals surface area (Å²) in [5, 5.41) is 13.3. The van der Waals surface area contributed by atoms with Gasteiger partial charge in [0, 0.05) is 17.0 Å². The molecular weight excluding hydrogens is 400 g/mol. The number of carbonyl (C=O) groups excluding carboxylic acids is 1. The highest BCUT2D eigenvalue weighted by atomic mass is 16.6. The molecule has 31 heavy (non-hydrogen) atoms. The minimum absolute atomic E-state index is 0. The number of rotatable bonds is 5. The van der Waals surface area contributed by atoms with Crippen LogP contribution in [0.3, 0.4) is 0 Å². The Morgan fingerprint density at radius 1 is 1.23 bits per heavy atom. The van der Waals surface area contributed by atoms with Gasteiger partial charge in [0.2, 0.25) is 0 Å². The zero-order valence-corrected chi connectivity index (χ0v) is 18.2. The van der Waals surface area contributed by atoms with E-state index in [1.807, 2.05) is 0 Å². The lowest BCUT2D eigenvalue weighted by molar-refractivity contribution is -0.371. The van der Waals surface area contributed by atoms with Crippen LogP contribution >= 0.6 is 0 Å². The molecule has 0 radical (unpaired) electrons. The van der Waals surface area contributed by atoms with Crippen LogP contribution in [-0.4, -0.2) is 17.7 Å². The molecule has 0 bridgehead atoms. The van der Waals surface area contributed by atoms with Crippen molar-refractivity contribution in [1.82, 2.24) is 0 Å². The van der Waals surface area contributed by atoms with Gasteiger partial charge >= 0.3 is 13.0 Å². The Morgan fingerprint density at radius 2 is 1.90 bits per heavy atom. The fourth-order valence-corrected chi connectivity index (χ4v) is 3.29. The van der Waals surface area contributed by atoms with Crippen LogP contribution in [-0.2, 0) is 14.3 Å². The Bertz CT molecular complexity index is 1160. The highest BCUT2D eigenvalue weighted by Crippen LogP contribution is 2.47. The van der Waals surface area contributed by atoms with E-state index in [9.17, 15) is 14.7 Å². The Kier molecular flexibility index (Phi) is 5.97. The highest BCUT2D eigenvalue weighted by molar-refractivity contribution is 5.88. The molecule has 1 aromatic carbocycles. The van der Waals surface area contributed by atoms with E-state index in [2.05, 4.69) is 6.58 Å². The molecule has 0 saturated carbocycles. The van der Waals surface area contributed by atoms with Crippen LogP contribution in [0.15, 0.2) is 69.3 Å². The molecule has 3 rings (SSSR count). The van der Waals surface area contributed by atoms with Crippen LogP contribution in [0.1, 0.15) is 47.7 Å². The highest BCUT2D eigenvalue weighted by Gasteiger charge is 2.47. The summed E-state index contributed by atoms with van der Waals surface area (Å²) < 4.78 is 23.1. The van der Waals surface area contributed by atoms with Crippen LogP contribution in [0.25, 0.3) is 11.0 Å². The molecule has 7 heteroatoms. The lowest BCUT2D eigenvalue weighted by Crippen LogP contribution is -2.52. The summed E-state index contributed by atoms with van der Waals surface area (Å²) in [6.07, 6.45) is 0.907. The second-order valence-corrected chi connectivity index (χ2v) is 7.87. The van der Waals surface area contributed by atoms with Gasteiger partial charge in [-0.3, -0.25) is 0 Å². The SMILES string of the molecule is C=C/C(C)=C(\[O-])O[C@@H]1c2c(ccc3ccc(=O)oc23)OC(C)(C)[C@@H]1OC(=O)/C(C)=C\C.[H+]. The third-order valence-electron chi connectivity index (χ3n) is 5.26. The maximum Gasteiger partial charge on any atom is 1.00 e. The molecule has 7 nitrogen and oxygen atoms in total. The van der Waals surface area contributed by atoms with Crippen molar-refractivity contribution in [2.45, 2.75) is 52.4 Å². The fourth-order valence-electron chi connectivity index (χ4n) is 3.29. The lowest BCUT2D eigenvalue weighted by Gasteiger charge is -2.47. The van der Waals surface area contributed by atoms with Gasteiger partial charge in [0.05, 0.1) is 17.6 Å². The quantitative estimate of drug-likeness (QED) is 0.236. The van der Waals surface area contributed by atoms with Gasteiger partial charge in [-0.15, -0.1) is 0 Å². The van der Waals surface area contributed by atoms with Crippen LogP contribution < -0.4 is 15.5 Å². The summed E-state index contributed by atoms with van der Waals surface area (Å²) >= 11 is 0. The van der Waals surface area contributed by atoms with Crippen molar-refractivity contribution in [3.63, 3.8) is 0 Å². The number of hydrogen-bond acceptors (Lipinski definition) is 7. The van der Waals surface area contributed by atoms with Crippen molar-refractivity contribution in [1.29, 1.82) is 0 Å². The van der Waals surface area contributed by atoms with Crippen molar-refractivity contribution in [3.8, 4) is 5.75 Å². The minimum atomic E-state index is -1.08. The first-order chi connectivity index (χ1) is 14.6. The van der Waals surface area contributed by atoms with Crippen molar-refractivity contribution in [2.75, 3.05) is 0 Å². The van der Waals surface area contributed by atoms with Gasteiger partial charge in [-0.2, -0.15) is 0 Å². The number of hydrogen-bond donors (Lipinski definition) is 0. The maximum absolute atomic E-state index is 12.7. The number of carbonyl (C=O) groups is 1. The molecule has 164 valence electrons. The second-order valence-electron chi connectivity index (χ2n) is 7.87. The van der Waals surface area contributed by atoms with E-state index in [1.54, 1.807) is 58.9 Å². The zero-order valence-electron chi connectivity index (χ0n) is 19.2. The van der Waals surface area contributed by atoms with Gasteiger partial charge in [0.25, 0.3) is 0 Å². The van der Waals surface area contributed by atoms with Gasteiger partial charge in [-0.05, 0) is 58.4 Å². The second kappa shape index (κ2) is 8.34. The van der Waals surface area contributed by atoms with E-state index >= 15 is 0 Å². The molecule has 0 fully saturated rings. The topological polar surface area (TPSA) is 98.0 Å². The third-order valence-corrected chi connectivity index (χ3v) is 5.26. The molecule has 2 aromatic rings. The largest absolute Gasteiger partial charge is 1.00 e. The molecule has 0 saturated heterocycles. The van der Waals surface area contributed by atoms with E-state index in [0.717, 1.165) is 0 Å². The van der Waals surface area contributed by atoms with Crippen molar-refractivity contribution < 1.29 is 30.0 Å². The van der Waals surface area contributed by atoms with Crippen molar-refractivity contribution in [2.24, 2.45) is 0 Å². The van der Waals surface area contributed by atoms with Crippen molar-refractivity contribution in [3.05, 3.63) is 76.1 Å². The van der Waals surface area contributed by atoms with E-state index in [1.165, 1.54) is 12.1 Å². The maximum atomic E-state index is 12.7. The Balaban J connectivity index is 0.00000363. The lowest BCUT2D eigenvalue weighted by atomic mass is 9.87.